The quantitative estimate of drug-likeness (QED) is 0.491. The van der Waals surface area contributed by atoms with E-state index in [0.717, 1.165) is 12.1 Å². The summed E-state index contributed by atoms with van der Waals surface area (Å²) in [4.78, 5) is 27.2. The first-order chi connectivity index (χ1) is 15.0. The molecule has 0 spiro atoms. The van der Waals surface area contributed by atoms with Gasteiger partial charge in [-0.25, -0.2) is 0 Å². The zero-order valence-corrected chi connectivity index (χ0v) is 19.2. The second kappa shape index (κ2) is 12.7. The van der Waals surface area contributed by atoms with Gasteiger partial charge < -0.3 is 20.3 Å². The molecule has 0 aliphatic rings. The van der Waals surface area contributed by atoms with Crippen LogP contribution in [0.2, 0.25) is 0 Å². The number of hydrogen-bond donors (Lipinski definition) is 2. The number of carbonyl (C=O) groups is 2. The largest absolute Gasteiger partial charge is 0.383 e. The number of benzene rings is 2. The lowest BCUT2D eigenvalue weighted by Crippen LogP contribution is -2.28. The lowest BCUT2D eigenvalue weighted by molar-refractivity contribution is 0.0936. The molecule has 6 heteroatoms. The summed E-state index contributed by atoms with van der Waals surface area (Å²) in [6, 6.07) is 13.1. The van der Waals surface area contributed by atoms with Gasteiger partial charge in [0.05, 0.1) is 12.2 Å². The first-order valence-corrected chi connectivity index (χ1v) is 10.9. The number of unbranched alkanes of at least 4 members (excludes halogenated alkanes) is 3. The molecule has 0 saturated carbocycles. The van der Waals surface area contributed by atoms with Crippen molar-refractivity contribution < 1.29 is 14.3 Å². The van der Waals surface area contributed by atoms with Gasteiger partial charge in [0, 0.05) is 44.7 Å². The fraction of sp³-hybridized carbons (Fsp3) is 0.440. The maximum absolute atomic E-state index is 12.7. The fourth-order valence-electron chi connectivity index (χ4n) is 3.33. The van der Waals surface area contributed by atoms with E-state index in [1.54, 1.807) is 19.2 Å². The van der Waals surface area contributed by atoms with Crippen LogP contribution in [0.4, 0.5) is 11.4 Å². The molecule has 0 radical (unpaired) electrons. The molecule has 0 saturated heterocycles. The van der Waals surface area contributed by atoms with Gasteiger partial charge >= 0.3 is 0 Å². The summed E-state index contributed by atoms with van der Waals surface area (Å²) in [6.07, 6.45) is 5.94. The van der Waals surface area contributed by atoms with Gasteiger partial charge in [-0.2, -0.15) is 0 Å². The number of nitrogens with one attached hydrogen (secondary N) is 2. The SMILES string of the molecule is CCCCCCc1ccc(C(=O)Nc2ccc(N(C)C)c(C(=O)NCCOC)c2)cc1. The molecule has 6 nitrogen and oxygen atoms in total. The summed E-state index contributed by atoms with van der Waals surface area (Å²) >= 11 is 0. The topological polar surface area (TPSA) is 70.7 Å². The van der Waals surface area contributed by atoms with Gasteiger partial charge in [0.15, 0.2) is 0 Å². The molecular weight excluding hydrogens is 390 g/mol. The van der Waals surface area contributed by atoms with Crippen molar-refractivity contribution in [3.05, 3.63) is 59.2 Å². The van der Waals surface area contributed by atoms with Gasteiger partial charge in [-0.3, -0.25) is 9.59 Å². The Bertz CT molecular complexity index is 848. The molecule has 0 unspecified atom stereocenters. The van der Waals surface area contributed by atoms with E-state index in [0.29, 0.717) is 30.0 Å². The van der Waals surface area contributed by atoms with Crippen LogP contribution in [0.3, 0.4) is 0 Å². The predicted octanol–water partition coefficient (Wildman–Crippen LogP) is 4.50. The van der Waals surface area contributed by atoms with Gasteiger partial charge in [0.1, 0.15) is 0 Å². The van der Waals surface area contributed by atoms with Crippen LogP contribution < -0.4 is 15.5 Å². The lowest BCUT2D eigenvalue weighted by Gasteiger charge is -2.18. The second-order valence-electron chi connectivity index (χ2n) is 7.84. The molecule has 0 bridgehead atoms. The molecule has 0 atom stereocenters. The number of rotatable bonds is 12. The van der Waals surface area contributed by atoms with Crippen LogP contribution in [0, 0.1) is 0 Å². The van der Waals surface area contributed by atoms with Crippen molar-refractivity contribution in [2.75, 3.05) is 44.6 Å². The zero-order chi connectivity index (χ0) is 22.6. The van der Waals surface area contributed by atoms with E-state index in [9.17, 15) is 9.59 Å². The van der Waals surface area contributed by atoms with Crippen molar-refractivity contribution in [1.82, 2.24) is 5.32 Å². The van der Waals surface area contributed by atoms with Crippen LogP contribution in [0.5, 0.6) is 0 Å². The monoisotopic (exact) mass is 425 g/mol. The number of anilines is 2. The smallest absolute Gasteiger partial charge is 0.255 e. The minimum absolute atomic E-state index is 0.194. The first-order valence-electron chi connectivity index (χ1n) is 10.9. The Morgan fingerprint density at radius 2 is 1.71 bits per heavy atom. The summed E-state index contributed by atoms with van der Waals surface area (Å²) in [7, 11) is 5.35. The maximum Gasteiger partial charge on any atom is 0.255 e. The number of hydrogen-bond acceptors (Lipinski definition) is 4. The van der Waals surface area contributed by atoms with E-state index in [1.165, 1.54) is 31.2 Å². The molecule has 0 aliphatic heterocycles. The minimum atomic E-state index is -0.204. The zero-order valence-electron chi connectivity index (χ0n) is 19.2. The molecule has 168 valence electrons. The van der Waals surface area contributed by atoms with Crippen molar-refractivity contribution in [2.45, 2.75) is 39.0 Å². The average Bonchev–Trinajstić information content (AvgIpc) is 2.77. The van der Waals surface area contributed by atoms with Gasteiger partial charge in [0.25, 0.3) is 11.8 Å². The highest BCUT2D eigenvalue weighted by atomic mass is 16.5. The van der Waals surface area contributed by atoms with Crippen LogP contribution in [-0.4, -0.2) is 46.2 Å². The van der Waals surface area contributed by atoms with Crippen molar-refractivity contribution in [1.29, 1.82) is 0 Å². The third-order valence-corrected chi connectivity index (χ3v) is 5.11. The number of ether oxygens (including phenoxy) is 1. The van der Waals surface area contributed by atoms with Crippen molar-refractivity contribution in [2.24, 2.45) is 0 Å². The van der Waals surface area contributed by atoms with Crippen molar-refractivity contribution in [3.8, 4) is 0 Å². The van der Waals surface area contributed by atoms with Crippen molar-refractivity contribution in [3.63, 3.8) is 0 Å². The van der Waals surface area contributed by atoms with E-state index in [4.69, 9.17) is 4.74 Å². The van der Waals surface area contributed by atoms with E-state index >= 15 is 0 Å². The molecule has 31 heavy (non-hydrogen) atoms. The summed E-state index contributed by atoms with van der Waals surface area (Å²) in [5.74, 6) is -0.398. The predicted molar refractivity (Wildman–Crippen MR) is 127 cm³/mol. The second-order valence-corrected chi connectivity index (χ2v) is 7.84. The fourth-order valence-corrected chi connectivity index (χ4v) is 3.33. The molecule has 0 fully saturated rings. The Morgan fingerprint density at radius 1 is 0.968 bits per heavy atom. The minimum Gasteiger partial charge on any atom is -0.383 e. The number of nitrogens with zero attached hydrogens (tertiary/aromatic N) is 1. The summed E-state index contributed by atoms with van der Waals surface area (Å²) < 4.78 is 4.99. The molecule has 2 aromatic rings. The van der Waals surface area contributed by atoms with E-state index in [1.807, 2.05) is 49.3 Å². The van der Waals surface area contributed by atoms with E-state index in [2.05, 4.69) is 17.6 Å². The number of amides is 2. The number of methoxy groups -OCH3 is 1. The Hall–Kier alpha value is -2.86. The van der Waals surface area contributed by atoms with Crippen LogP contribution in [0.25, 0.3) is 0 Å². The van der Waals surface area contributed by atoms with Crippen LogP contribution >= 0.6 is 0 Å². The molecule has 0 heterocycles. The highest BCUT2D eigenvalue weighted by Gasteiger charge is 2.15. The lowest BCUT2D eigenvalue weighted by atomic mass is 10.0. The summed E-state index contributed by atoms with van der Waals surface area (Å²) in [5.41, 5.74) is 3.70. The summed E-state index contributed by atoms with van der Waals surface area (Å²) in [6.45, 7) is 3.07. The average molecular weight is 426 g/mol. The highest BCUT2D eigenvalue weighted by Crippen LogP contribution is 2.23. The van der Waals surface area contributed by atoms with Gasteiger partial charge in [-0.05, 0) is 48.7 Å². The van der Waals surface area contributed by atoms with E-state index < -0.39 is 0 Å². The third-order valence-electron chi connectivity index (χ3n) is 5.11. The third kappa shape index (κ3) is 7.72. The van der Waals surface area contributed by atoms with Gasteiger partial charge in [-0.1, -0.05) is 38.3 Å². The molecular formula is C25H35N3O3. The number of carbonyl (C=O) groups excluding carboxylic acids is 2. The Labute approximate surface area is 186 Å². The Morgan fingerprint density at radius 3 is 2.35 bits per heavy atom. The molecule has 2 N–H and O–H groups in total. The molecule has 0 aliphatic carbocycles. The van der Waals surface area contributed by atoms with Crippen LogP contribution in [-0.2, 0) is 11.2 Å². The standard InChI is InChI=1S/C25H35N3O3/c1-5-6-7-8-9-19-10-12-20(13-11-19)24(29)27-21-14-15-23(28(2)3)22(18-21)25(30)26-16-17-31-4/h10-15,18H,5-9,16-17H2,1-4H3,(H,26,30)(H,27,29). The normalized spacial score (nSPS) is 10.6. The molecule has 2 rings (SSSR count). The molecule has 0 aromatic heterocycles. The Balaban J connectivity index is 2.06. The van der Waals surface area contributed by atoms with Crippen molar-refractivity contribution >= 4 is 23.2 Å². The summed E-state index contributed by atoms with van der Waals surface area (Å²) in [5, 5.41) is 5.74. The van der Waals surface area contributed by atoms with Crippen LogP contribution in [0.15, 0.2) is 42.5 Å². The van der Waals surface area contributed by atoms with Gasteiger partial charge in [0.2, 0.25) is 0 Å². The van der Waals surface area contributed by atoms with E-state index in [-0.39, 0.29) is 11.8 Å². The molecule has 2 amide bonds. The van der Waals surface area contributed by atoms with Gasteiger partial charge in [-0.15, -0.1) is 0 Å². The first kappa shape index (κ1) is 24.4. The Kier molecular flexibility index (Phi) is 10.0. The highest BCUT2D eigenvalue weighted by molar-refractivity contribution is 6.06. The number of aryl methyl sites for hydroxylation is 1. The van der Waals surface area contributed by atoms with Crippen LogP contribution in [0.1, 0.15) is 58.9 Å². The maximum atomic E-state index is 12.7. The molecule has 2 aromatic carbocycles.